The number of carbonyl (C=O) groups excluding carboxylic acids is 3. The Kier molecular flexibility index (Phi) is 54.3. The Balaban J connectivity index is 4.37. The first kappa shape index (κ1) is 65.1. The molecule has 1 atom stereocenters. The Bertz CT molecular complexity index is 1230. The molecule has 0 aliphatic carbocycles. The van der Waals surface area contributed by atoms with Gasteiger partial charge < -0.3 is 14.2 Å². The lowest BCUT2D eigenvalue weighted by Crippen LogP contribution is -2.30. The number of rotatable bonds is 53. The van der Waals surface area contributed by atoms with Crippen molar-refractivity contribution in [3.8, 4) is 0 Å². The largest absolute Gasteiger partial charge is 0.462 e. The monoisotopic (exact) mass is 951 g/mol. The number of esters is 3. The molecule has 6 heteroatoms. The third kappa shape index (κ3) is 54.1. The maximum atomic E-state index is 12.9. The first-order valence-electron chi connectivity index (χ1n) is 29.3. The van der Waals surface area contributed by atoms with Crippen LogP contribution in [0.2, 0.25) is 0 Å². The molecule has 0 aromatic heterocycles. The molecule has 394 valence electrons. The second-order valence-corrected chi connectivity index (χ2v) is 19.6. The molecular formula is C62H110O6. The Morgan fingerprint density at radius 2 is 0.588 bits per heavy atom. The summed E-state index contributed by atoms with van der Waals surface area (Å²) < 4.78 is 16.9. The van der Waals surface area contributed by atoms with Gasteiger partial charge in [0.1, 0.15) is 13.2 Å². The number of ether oxygens (including phenoxy) is 3. The molecule has 0 N–H and O–H groups in total. The van der Waals surface area contributed by atoms with E-state index in [1.165, 1.54) is 161 Å². The van der Waals surface area contributed by atoms with Gasteiger partial charge in [0.2, 0.25) is 0 Å². The van der Waals surface area contributed by atoms with E-state index in [0.29, 0.717) is 19.3 Å². The number of allylic oxidation sites excluding steroid dienone is 10. The molecule has 6 nitrogen and oxygen atoms in total. The highest BCUT2D eigenvalue weighted by Gasteiger charge is 2.19. The summed E-state index contributed by atoms with van der Waals surface area (Å²) in [4.78, 5) is 38.2. The van der Waals surface area contributed by atoms with Crippen molar-refractivity contribution in [1.82, 2.24) is 0 Å². The third-order valence-corrected chi connectivity index (χ3v) is 12.9. The summed E-state index contributed by atoms with van der Waals surface area (Å²) in [6.45, 7) is 6.51. The standard InChI is InChI=1S/C62H110O6/c1-4-7-10-13-16-19-22-25-28-30-31-32-35-37-40-43-46-49-52-55-61(64)67-58-59(57-66-60(63)54-51-48-45-42-39-36-33-27-24-21-18-15-12-9-6-3)68-62(65)56-53-50-47-44-41-38-34-29-26-23-20-17-14-11-8-5-2/h9,12,15,18,21,24,27,29,33-34,59H,4-8,10-11,13-14,16-17,19-20,22-23,25-26,28,30-32,35-58H2,1-3H3/b12-9-,18-15-,24-21-,33-27-,34-29-. The Hall–Kier alpha value is -2.89. The topological polar surface area (TPSA) is 78.9 Å². The van der Waals surface area contributed by atoms with Crippen molar-refractivity contribution >= 4 is 17.9 Å². The summed E-state index contributed by atoms with van der Waals surface area (Å²) in [5.41, 5.74) is 0. The normalized spacial score (nSPS) is 12.5. The fourth-order valence-corrected chi connectivity index (χ4v) is 8.45. The molecule has 0 aliphatic rings. The van der Waals surface area contributed by atoms with Gasteiger partial charge in [0.25, 0.3) is 0 Å². The van der Waals surface area contributed by atoms with Crippen LogP contribution in [0.4, 0.5) is 0 Å². The Morgan fingerprint density at radius 3 is 0.941 bits per heavy atom. The molecule has 0 bridgehead atoms. The van der Waals surface area contributed by atoms with Gasteiger partial charge in [0.15, 0.2) is 6.10 Å². The summed E-state index contributed by atoms with van der Waals surface area (Å²) >= 11 is 0. The van der Waals surface area contributed by atoms with Gasteiger partial charge in [0.05, 0.1) is 0 Å². The van der Waals surface area contributed by atoms with E-state index in [9.17, 15) is 14.4 Å². The van der Waals surface area contributed by atoms with E-state index >= 15 is 0 Å². The molecule has 0 radical (unpaired) electrons. The molecule has 0 fully saturated rings. The number of carbonyl (C=O) groups is 3. The van der Waals surface area contributed by atoms with Crippen LogP contribution in [0.25, 0.3) is 0 Å². The first-order valence-corrected chi connectivity index (χ1v) is 29.3. The van der Waals surface area contributed by atoms with Crippen LogP contribution in [0.3, 0.4) is 0 Å². The fourth-order valence-electron chi connectivity index (χ4n) is 8.45. The molecule has 0 saturated carbocycles. The maximum absolute atomic E-state index is 12.9. The summed E-state index contributed by atoms with van der Waals surface area (Å²) in [5.74, 6) is -0.902. The minimum Gasteiger partial charge on any atom is -0.462 e. The highest BCUT2D eigenvalue weighted by Crippen LogP contribution is 2.17. The molecule has 1 unspecified atom stereocenters. The van der Waals surface area contributed by atoms with Gasteiger partial charge >= 0.3 is 17.9 Å². The van der Waals surface area contributed by atoms with Crippen molar-refractivity contribution in [2.75, 3.05) is 13.2 Å². The third-order valence-electron chi connectivity index (χ3n) is 12.9. The molecule has 0 rings (SSSR count). The Labute approximate surface area is 421 Å². The minimum atomic E-state index is -0.787. The van der Waals surface area contributed by atoms with E-state index in [-0.39, 0.29) is 31.1 Å². The summed E-state index contributed by atoms with van der Waals surface area (Å²) in [6.07, 6.45) is 70.7. The zero-order valence-electron chi connectivity index (χ0n) is 45.1. The van der Waals surface area contributed by atoms with Gasteiger partial charge in [-0.2, -0.15) is 0 Å². The lowest BCUT2D eigenvalue weighted by atomic mass is 10.0. The minimum absolute atomic E-state index is 0.0826. The lowest BCUT2D eigenvalue weighted by Gasteiger charge is -2.18. The maximum Gasteiger partial charge on any atom is 0.306 e. The lowest BCUT2D eigenvalue weighted by molar-refractivity contribution is -0.167. The van der Waals surface area contributed by atoms with Crippen LogP contribution < -0.4 is 0 Å². The van der Waals surface area contributed by atoms with Crippen LogP contribution in [0, 0.1) is 0 Å². The number of hydrogen-bond donors (Lipinski definition) is 0. The molecule has 0 aromatic carbocycles. The average molecular weight is 952 g/mol. The van der Waals surface area contributed by atoms with E-state index in [2.05, 4.69) is 63.3 Å². The van der Waals surface area contributed by atoms with Crippen molar-refractivity contribution in [2.24, 2.45) is 0 Å². The molecule has 68 heavy (non-hydrogen) atoms. The summed E-state index contributed by atoms with van der Waals surface area (Å²) in [6, 6.07) is 0. The first-order chi connectivity index (χ1) is 33.5. The molecule has 0 saturated heterocycles. The van der Waals surface area contributed by atoms with Crippen LogP contribution in [0.5, 0.6) is 0 Å². The number of hydrogen-bond acceptors (Lipinski definition) is 6. The van der Waals surface area contributed by atoms with E-state index in [1.54, 1.807) is 0 Å². The molecule has 0 heterocycles. The van der Waals surface area contributed by atoms with Crippen molar-refractivity contribution in [1.29, 1.82) is 0 Å². The van der Waals surface area contributed by atoms with Crippen LogP contribution in [-0.4, -0.2) is 37.2 Å². The summed E-state index contributed by atoms with van der Waals surface area (Å²) in [7, 11) is 0. The molecule has 0 spiro atoms. The second kappa shape index (κ2) is 56.7. The quantitative estimate of drug-likeness (QED) is 0.0199. The second-order valence-electron chi connectivity index (χ2n) is 19.6. The zero-order valence-corrected chi connectivity index (χ0v) is 45.1. The predicted molar refractivity (Wildman–Crippen MR) is 293 cm³/mol. The molecule has 0 amide bonds. The van der Waals surface area contributed by atoms with Crippen molar-refractivity contribution in [3.63, 3.8) is 0 Å². The van der Waals surface area contributed by atoms with E-state index in [4.69, 9.17) is 14.2 Å². The highest BCUT2D eigenvalue weighted by atomic mass is 16.6. The van der Waals surface area contributed by atoms with E-state index < -0.39 is 6.10 Å². The van der Waals surface area contributed by atoms with Crippen LogP contribution >= 0.6 is 0 Å². The average Bonchev–Trinajstić information content (AvgIpc) is 3.34. The molecule has 0 aliphatic heterocycles. The van der Waals surface area contributed by atoms with Crippen molar-refractivity contribution < 1.29 is 28.6 Å². The smallest absolute Gasteiger partial charge is 0.306 e. The van der Waals surface area contributed by atoms with Crippen molar-refractivity contribution in [2.45, 2.75) is 303 Å². The van der Waals surface area contributed by atoms with Gasteiger partial charge in [-0.05, 0) is 64.2 Å². The van der Waals surface area contributed by atoms with Crippen LogP contribution in [0.1, 0.15) is 297 Å². The van der Waals surface area contributed by atoms with Gasteiger partial charge in [-0.1, -0.05) is 274 Å². The number of unbranched alkanes of at least 4 members (excludes halogenated alkanes) is 35. The van der Waals surface area contributed by atoms with Gasteiger partial charge in [-0.25, -0.2) is 0 Å². The Morgan fingerprint density at radius 1 is 0.309 bits per heavy atom. The van der Waals surface area contributed by atoms with E-state index in [0.717, 1.165) is 96.3 Å². The molecule has 0 aromatic rings. The van der Waals surface area contributed by atoms with Crippen LogP contribution in [0.15, 0.2) is 60.8 Å². The fraction of sp³-hybridized carbons (Fsp3) is 0.790. The van der Waals surface area contributed by atoms with Crippen LogP contribution in [-0.2, 0) is 28.6 Å². The molecular weight excluding hydrogens is 841 g/mol. The van der Waals surface area contributed by atoms with E-state index in [1.807, 2.05) is 18.2 Å². The SMILES string of the molecule is CC\C=C/C=C\C=C/C=C\CCCCCCCC(=O)OCC(COC(=O)CCCCCCCCCCCCCCCCCCCCC)OC(=O)CCCCCCC/C=C\CCCCCCCCC. The predicted octanol–water partition coefficient (Wildman–Crippen LogP) is 19.6. The highest BCUT2D eigenvalue weighted by molar-refractivity contribution is 5.71. The van der Waals surface area contributed by atoms with Gasteiger partial charge in [0, 0.05) is 19.3 Å². The van der Waals surface area contributed by atoms with Gasteiger partial charge in [-0.15, -0.1) is 0 Å². The van der Waals surface area contributed by atoms with Crippen molar-refractivity contribution in [3.05, 3.63) is 60.8 Å². The zero-order chi connectivity index (χ0) is 49.3. The summed E-state index contributed by atoms with van der Waals surface area (Å²) in [5, 5.41) is 0. The van der Waals surface area contributed by atoms with Gasteiger partial charge in [-0.3, -0.25) is 14.4 Å².